The molecule has 0 aliphatic heterocycles. The van der Waals surface area contributed by atoms with Gasteiger partial charge in [0.1, 0.15) is 5.75 Å². The lowest BCUT2D eigenvalue weighted by atomic mass is 9.79. The van der Waals surface area contributed by atoms with Gasteiger partial charge in [-0.15, -0.1) is 0 Å². The van der Waals surface area contributed by atoms with Crippen molar-refractivity contribution in [2.24, 2.45) is 5.92 Å². The van der Waals surface area contributed by atoms with Gasteiger partial charge in [-0.05, 0) is 52.5 Å². The van der Waals surface area contributed by atoms with Gasteiger partial charge in [0.05, 0.1) is 11.6 Å². The zero-order valence-corrected chi connectivity index (χ0v) is 12.8. The molecule has 2 nitrogen and oxygen atoms in total. The predicted molar refractivity (Wildman–Crippen MR) is 79.1 cm³/mol. The molecule has 1 atom stereocenters. The molecule has 3 heteroatoms. The molecule has 0 bridgehead atoms. The zero-order valence-electron chi connectivity index (χ0n) is 11.2. The van der Waals surface area contributed by atoms with Crippen LogP contribution in [-0.4, -0.2) is 13.7 Å². The van der Waals surface area contributed by atoms with Crippen LogP contribution in [0.25, 0.3) is 0 Å². The lowest BCUT2D eigenvalue weighted by molar-refractivity contribution is 0.262. The summed E-state index contributed by atoms with van der Waals surface area (Å²) in [5, 5.41) is 3.60. The molecule has 0 aromatic heterocycles. The number of benzene rings is 1. The number of halogens is 1. The summed E-state index contributed by atoms with van der Waals surface area (Å²) in [6.07, 6.45) is 5.47. The van der Waals surface area contributed by atoms with Gasteiger partial charge in [-0.2, -0.15) is 0 Å². The van der Waals surface area contributed by atoms with E-state index in [0.29, 0.717) is 6.04 Å². The summed E-state index contributed by atoms with van der Waals surface area (Å²) in [6, 6.07) is 6.88. The Kier molecular flexibility index (Phi) is 5.07. The third-order valence-electron chi connectivity index (χ3n) is 3.82. The maximum Gasteiger partial charge on any atom is 0.133 e. The molecule has 1 N–H and O–H groups in total. The molecule has 1 saturated carbocycles. The second-order valence-electron chi connectivity index (χ2n) is 5.04. The maximum atomic E-state index is 5.29. The minimum atomic E-state index is 0.475. The summed E-state index contributed by atoms with van der Waals surface area (Å²) in [7, 11) is 1.70. The SMILES string of the molecule is CCNC(CC1CCC1)c1ccc(OC)c(Br)c1. The molecule has 18 heavy (non-hydrogen) atoms. The second kappa shape index (κ2) is 6.58. The smallest absolute Gasteiger partial charge is 0.133 e. The standard InChI is InChI=1S/C15H22BrNO/c1-3-17-14(9-11-5-4-6-11)12-7-8-15(18-2)13(16)10-12/h7-8,10-11,14,17H,3-6,9H2,1-2H3. The van der Waals surface area contributed by atoms with Gasteiger partial charge in [0.15, 0.2) is 0 Å². The van der Waals surface area contributed by atoms with Crippen molar-refractivity contribution in [3.05, 3.63) is 28.2 Å². The van der Waals surface area contributed by atoms with E-state index in [1.54, 1.807) is 7.11 Å². The first-order valence-corrected chi connectivity index (χ1v) is 7.60. The molecule has 0 spiro atoms. The third-order valence-corrected chi connectivity index (χ3v) is 4.44. The van der Waals surface area contributed by atoms with Gasteiger partial charge in [0.2, 0.25) is 0 Å². The summed E-state index contributed by atoms with van der Waals surface area (Å²) < 4.78 is 6.33. The van der Waals surface area contributed by atoms with E-state index in [4.69, 9.17) is 4.74 Å². The molecule has 100 valence electrons. The predicted octanol–water partition coefficient (Wildman–Crippen LogP) is 4.30. The highest BCUT2D eigenvalue weighted by atomic mass is 79.9. The van der Waals surface area contributed by atoms with Crippen molar-refractivity contribution in [3.8, 4) is 5.75 Å². The van der Waals surface area contributed by atoms with Crippen LogP contribution in [0.2, 0.25) is 0 Å². The Morgan fingerprint density at radius 1 is 1.44 bits per heavy atom. The van der Waals surface area contributed by atoms with Crippen molar-refractivity contribution < 1.29 is 4.74 Å². The van der Waals surface area contributed by atoms with E-state index < -0.39 is 0 Å². The van der Waals surface area contributed by atoms with Gasteiger partial charge in [-0.3, -0.25) is 0 Å². The van der Waals surface area contributed by atoms with Crippen molar-refractivity contribution in [1.82, 2.24) is 5.32 Å². The fourth-order valence-electron chi connectivity index (χ4n) is 2.54. The molecule has 1 aromatic carbocycles. The highest BCUT2D eigenvalue weighted by Gasteiger charge is 2.23. The van der Waals surface area contributed by atoms with E-state index in [2.05, 4.69) is 40.3 Å². The largest absolute Gasteiger partial charge is 0.496 e. The molecule has 0 saturated heterocycles. The molecule has 2 rings (SSSR count). The van der Waals surface area contributed by atoms with Crippen LogP contribution in [-0.2, 0) is 0 Å². The Morgan fingerprint density at radius 3 is 2.72 bits per heavy atom. The molecule has 1 aromatic rings. The van der Waals surface area contributed by atoms with Crippen molar-refractivity contribution in [1.29, 1.82) is 0 Å². The average Bonchev–Trinajstić information content (AvgIpc) is 2.32. The molecular weight excluding hydrogens is 290 g/mol. The van der Waals surface area contributed by atoms with Crippen LogP contribution in [0, 0.1) is 5.92 Å². The minimum Gasteiger partial charge on any atom is -0.496 e. The highest BCUT2D eigenvalue weighted by molar-refractivity contribution is 9.10. The minimum absolute atomic E-state index is 0.475. The Hall–Kier alpha value is -0.540. The third kappa shape index (κ3) is 3.27. The van der Waals surface area contributed by atoms with Gasteiger partial charge in [0.25, 0.3) is 0 Å². The van der Waals surface area contributed by atoms with E-state index in [-0.39, 0.29) is 0 Å². The van der Waals surface area contributed by atoms with Crippen LogP contribution in [0.5, 0.6) is 5.75 Å². The van der Waals surface area contributed by atoms with Crippen LogP contribution < -0.4 is 10.1 Å². The molecular formula is C15H22BrNO. The number of nitrogens with one attached hydrogen (secondary N) is 1. The normalized spacial score (nSPS) is 17.3. The first-order chi connectivity index (χ1) is 8.74. The van der Waals surface area contributed by atoms with E-state index in [1.807, 2.05) is 6.07 Å². The Bertz CT molecular complexity index is 390. The van der Waals surface area contributed by atoms with Crippen LogP contribution >= 0.6 is 15.9 Å². The number of hydrogen-bond acceptors (Lipinski definition) is 2. The molecule has 1 unspecified atom stereocenters. The second-order valence-corrected chi connectivity index (χ2v) is 5.89. The van der Waals surface area contributed by atoms with Crippen LogP contribution in [0.1, 0.15) is 44.2 Å². The average molecular weight is 312 g/mol. The summed E-state index contributed by atoms with van der Waals surface area (Å²) in [5.41, 5.74) is 1.36. The molecule has 1 aliphatic rings. The maximum absolute atomic E-state index is 5.29. The number of rotatable bonds is 6. The topological polar surface area (TPSA) is 21.3 Å². The summed E-state index contributed by atoms with van der Waals surface area (Å²) in [6.45, 7) is 3.19. The number of methoxy groups -OCH3 is 1. The van der Waals surface area contributed by atoms with Crippen molar-refractivity contribution in [2.45, 2.75) is 38.6 Å². The molecule has 0 radical (unpaired) electrons. The lowest BCUT2D eigenvalue weighted by Gasteiger charge is -2.30. The van der Waals surface area contributed by atoms with E-state index in [0.717, 1.165) is 22.7 Å². The molecule has 1 fully saturated rings. The zero-order chi connectivity index (χ0) is 13.0. The van der Waals surface area contributed by atoms with Crippen molar-refractivity contribution in [3.63, 3.8) is 0 Å². The van der Waals surface area contributed by atoms with Crippen molar-refractivity contribution in [2.75, 3.05) is 13.7 Å². The van der Waals surface area contributed by atoms with Gasteiger partial charge in [-0.1, -0.05) is 32.3 Å². The van der Waals surface area contributed by atoms with Gasteiger partial charge < -0.3 is 10.1 Å². The monoisotopic (exact) mass is 311 g/mol. The van der Waals surface area contributed by atoms with Crippen LogP contribution in [0.15, 0.2) is 22.7 Å². The fraction of sp³-hybridized carbons (Fsp3) is 0.600. The van der Waals surface area contributed by atoms with Gasteiger partial charge >= 0.3 is 0 Å². The fourth-order valence-corrected chi connectivity index (χ4v) is 3.10. The van der Waals surface area contributed by atoms with E-state index >= 15 is 0 Å². The molecule has 1 aliphatic carbocycles. The summed E-state index contributed by atoms with van der Waals surface area (Å²) in [5.74, 6) is 1.81. The van der Waals surface area contributed by atoms with Gasteiger partial charge in [-0.25, -0.2) is 0 Å². The van der Waals surface area contributed by atoms with E-state index in [1.165, 1.54) is 31.2 Å². The van der Waals surface area contributed by atoms with Gasteiger partial charge in [0, 0.05) is 6.04 Å². The first-order valence-electron chi connectivity index (χ1n) is 6.81. The summed E-state index contributed by atoms with van der Waals surface area (Å²) >= 11 is 3.57. The lowest BCUT2D eigenvalue weighted by Crippen LogP contribution is -2.25. The number of ether oxygens (including phenoxy) is 1. The first kappa shape index (κ1) is 13.9. The Labute approximate surface area is 118 Å². The number of hydrogen-bond donors (Lipinski definition) is 1. The quantitative estimate of drug-likeness (QED) is 0.845. The molecule has 0 amide bonds. The Balaban J connectivity index is 2.10. The van der Waals surface area contributed by atoms with Crippen LogP contribution in [0.4, 0.5) is 0 Å². The molecule has 0 heterocycles. The van der Waals surface area contributed by atoms with Crippen molar-refractivity contribution >= 4 is 15.9 Å². The summed E-state index contributed by atoms with van der Waals surface area (Å²) in [4.78, 5) is 0. The van der Waals surface area contributed by atoms with E-state index in [9.17, 15) is 0 Å². The van der Waals surface area contributed by atoms with Crippen LogP contribution in [0.3, 0.4) is 0 Å². The highest BCUT2D eigenvalue weighted by Crippen LogP contribution is 2.36. The Morgan fingerprint density at radius 2 is 2.22 bits per heavy atom.